The van der Waals surface area contributed by atoms with Gasteiger partial charge in [-0.1, -0.05) is 17.3 Å². The highest BCUT2D eigenvalue weighted by atomic mass is 19.4. The van der Waals surface area contributed by atoms with Crippen molar-refractivity contribution < 1.29 is 26.9 Å². The molecule has 25 heavy (non-hydrogen) atoms. The second-order valence-corrected chi connectivity index (χ2v) is 5.66. The van der Waals surface area contributed by atoms with Crippen LogP contribution in [0.1, 0.15) is 24.3 Å². The Kier molecular flexibility index (Phi) is 5.76. The fraction of sp³-hybridized carbons (Fsp3) is 0.438. The Hall–Kier alpha value is -2.45. The fourth-order valence-corrected chi connectivity index (χ4v) is 2.03. The minimum atomic E-state index is -4.31. The van der Waals surface area contributed by atoms with Crippen LogP contribution in [0.25, 0.3) is 11.4 Å². The number of alkyl halides is 3. The molecule has 0 aliphatic heterocycles. The molecular weight excluding hydrogens is 342 g/mol. The lowest BCUT2D eigenvalue weighted by Crippen LogP contribution is -2.30. The van der Waals surface area contributed by atoms with Crippen molar-refractivity contribution in [2.75, 3.05) is 13.6 Å². The summed E-state index contributed by atoms with van der Waals surface area (Å²) in [6, 6.07) is 4.50. The number of carbonyl (C=O) groups excluding carboxylic acids is 1. The van der Waals surface area contributed by atoms with Crippen LogP contribution in [-0.4, -0.2) is 40.7 Å². The molecule has 9 heteroatoms. The maximum absolute atomic E-state index is 13.6. The van der Waals surface area contributed by atoms with E-state index in [1.807, 2.05) is 0 Å². The van der Waals surface area contributed by atoms with Crippen molar-refractivity contribution in [2.45, 2.75) is 32.4 Å². The highest BCUT2D eigenvalue weighted by Crippen LogP contribution is 2.21. The zero-order valence-electron chi connectivity index (χ0n) is 13.7. The van der Waals surface area contributed by atoms with Crippen molar-refractivity contribution in [1.29, 1.82) is 0 Å². The number of aryl methyl sites for hydroxylation is 2. The Morgan fingerprint density at radius 2 is 2.04 bits per heavy atom. The lowest BCUT2D eigenvalue weighted by Gasteiger charge is -2.17. The highest BCUT2D eigenvalue weighted by Gasteiger charge is 2.28. The van der Waals surface area contributed by atoms with Crippen LogP contribution in [0.5, 0.6) is 0 Å². The van der Waals surface area contributed by atoms with Crippen LogP contribution >= 0.6 is 0 Å². The van der Waals surface area contributed by atoms with Crippen molar-refractivity contribution in [2.24, 2.45) is 0 Å². The van der Waals surface area contributed by atoms with Gasteiger partial charge in [0.05, 0.1) is 6.42 Å². The summed E-state index contributed by atoms with van der Waals surface area (Å²) in [7, 11) is 1.31. The molecule has 0 radical (unpaired) electrons. The normalized spacial score (nSPS) is 11.6. The van der Waals surface area contributed by atoms with Gasteiger partial charge in [-0.3, -0.25) is 4.79 Å². The first-order chi connectivity index (χ1) is 11.7. The SMILES string of the molecule is Cc1ccc(-c2noc(CCC(=O)N(C)CCC(F)(F)F)n2)cc1F. The van der Waals surface area contributed by atoms with Crippen LogP contribution in [0.4, 0.5) is 17.6 Å². The third-order valence-corrected chi connectivity index (χ3v) is 3.61. The fourth-order valence-electron chi connectivity index (χ4n) is 2.03. The van der Waals surface area contributed by atoms with E-state index in [4.69, 9.17) is 4.52 Å². The average Bonchev–Trinajstić information content (AvgIpc) is 3.01. The molecule has 136 valence electrons. The van der Waals surface area contributed by atoms with Gasteiger partial charge in [0.2, 0.25) is 17.6 Å². The van der Waals surface area contributed by atoms with E-state index in [1.165, 1.54) is 13.1 Å². The third-order valence-electron chi connectivity index (χ3n) is 3.61. The molecular formula is C16H17F4N3O2. The molecule has 0 spiro atoms. The van der Waals surface area contributed by atoms with Gasteiger partial charge in [0, 0.05) is 32.0 Å². The molecule has 2 aromatic rings. The smallest absolute Gasteiger partial charge is 0.345 e. The predicted octanol–water partition coefficient (Wildman–Crippen LogP) is 3.53. The van der Waals surface area contributed by atoms with Gasteiger partial charge in [-0.2, -0.15) is 18.2 Å². The lowest BCUT2D eigenvalue weighted by atomic mass is 10.1. The third kappa shape index (κ3) is 5.54. The summed E-state index contributed by atoms with van der Waals surface area (Å²) in [6.07, 6.45) is -5.33. The van der Waals surface area contributed by atoms with E-state index >= 15 is 0 Å². The van der Waals surface area contributed by atoms with Gasteiger partial charge in [0.1, 0.15) is 5.82 Å². The largest absolute Gasteiger partial charge is 0.390 e. The number of carbonyl (C=O) groups is 1. The molecule has 1 aromatic carbocycles. The van der Waals surface area contributed by atoms with Gasteiger partial charge >= 0.3 is 6.18 Å². The monoisotopic (exact) mass is 359 g/mol. The molecule has 0 N–H and O–H groups in total. The number of hydrogen-bond donors (Lipinski definition) is 0. The second kappa shape index (κ2) is 7.62. The van der Waals surface area contributed by atoms with Gasteiger partial charge in [0.15, 0.2) is 0 Å². The van der Waals surface area contributed by atoms with Crippen molar-refractivity contribution in [3.05, 3.63) is 35.5 Å². The molecule has 0 saturated carbocycles. The number of benzene rings is 1. The second-order valence-electron chi connectivity index (χ2n) is 5.66. The van der Waals surface area contributed by atoms with E-state index in [1.54, 1.807) is 19.1 Å². The first-order valence-electron chi connectivity index (χ1n) is 7.55. The van der Waals surface area contributed by atoms with Gasteiger partial charge in [-0.25, -0.2) is 4.39 Å². The summed E-state index contributed by atoms with van der Waals surface area (Å²) in [5.74, 6) is -0.504. The summed E-state index contributed by atoms with van der Waals surface area (Å²) >= 11 is 0. The maximum atomic E-state index is 13.6. The highest BCUT2D eigenvalue weighted by molar-refractivity contribution is 5.76. The first-order valence-corrected chi connectivity index (χ1v) is 7.55. The van der Waals surface area contributed by atoms with E-state index < -0.39 is 30.9 Å². The molecule has 5 nitrogen and oxygen atoms in total. The predicted molar refractivity (Wildman–Crippen MR) is 81.1 cm³/mol. The van der Waals surface area contributed by atoms with E-state index in [-0.39, 0.29) is 24.6 Å². The number of aromatic nitrogens is 2. The summed E-state index contributed by atoms with van der Waals surface area (Å²) in [5.41, 5.74) is 0.923. The molecule has 1 amide bonds. The van der Waals surface area contributed by atoms with E-state index in [0.717, 1.165) is 4.90 Å². The maximum Gasteiger partial charge on any atom is 0.390 e. The van der Waals surface area contributed by atoms with E-state index in [0.29, 0.717) is 11.1 Å². The molecule has 1 heterocycles. The molecule has 0 unspecified atom stereocenters. The Morgan fingerprint density at radius 3 is 2.68 bits per heavy atom. The summed E-state index contributed by atoms with van der Waals surface area (Å²) in [5, 5.41) is 3.72. The Bertz CT molecular complexity index is 743. The molecule has 0 saturated heterocycles. The molecule has 0 aliphatic carbocycles. The van der Waals surface area contributed by atoms with Gasteiger partial charge in [-0.05, 0) is 18.6 Å². The topological polar surface area (TPSA) is 59.2 Å². The summed E-state index contributed by atoms with van der Waals surface area (Å²) < 4.78 is 55.0. The summed E-state index contributed by atoms with van der Waals surface area (Å²) in [4.78, 5) is 16.9. The molecule has 0 atom stereocenters. The number of hydrogen-bond acceptors (Lipinski definition) is 4. The average molecular weight is 359 g/mol. The van der Waals surface area contributed by atoms with Gasteiger partial charge in [0.25, 0.3) is 0 Å². The van der Waals surface area contributed by atoms with Gasteiger partial charge < -0.3 is 9.42 Å². The van der Waals surface area contributed by atoms with Crippen LogP contribution in [0.2, 0.25) is 0 Å². The molecule has 0 bridgehead atoms. The van der Waals surface area contributed by atoms with E-state index in [2.05, 4.69) is 10.1 Å². The van der Waals surface area contributed by atoms with Gasteiger partial charge in [-0.15, -0.1) is 0 Å². The van der Waals surface area contributed by atoms with Crippen LogP contribution in [0, 0.1) is 12.7 Å². The molecule has 2 rings (SSSR count). The minimum absolute atomic E-state index is 0.0573. The number of amides is 1. The zero-order valence-corrected chi connectivity index (χ0v) is 13.7. The summed E-state index contributed by atoms with van der Waals surface area (Å²) in [6.45, 7) is 1.22. The lowest BCUT2D eigenvalue weighted by molar-refractivity contribution is -0.144. The Morgan fingerprint density at radius 1 is 1.32 bits per heavy atom. The standard InChI is InChI=1S/C16H17F4N3O2/c1-10-3-4-11(9-12(10)17)15-21-13(25-22-15)5-6-14(24)23(2)8-7-16(18,19)20/h3-4,9H,5-8H2,1-2H3. The van der Waals surface area contributed by atoms with Crippen LogP contribution < -0.4 is 0 Å². The number of nitrogens with zero attached hydrogens (tertiary/aromatic N) is 3. The zero-order chi connectivity index (χ0) is 18.6. The van der Waals surface area contributed by atoms with Crippen LogP contribution in [0.3, 0.4) is 0 Å². The van der Waals surface area contributed by atoms with Crippen LogP contribution in [0.15, 0.2) is 22.7 Å². The van der Waals surface area contributed by atoms with Crippen molar-refractivity contribution >= 4 is 5.91 Å². The van der Waals surface area contributed by atoms with Crippen molar-refractivity contribution in [3.8, 4) is 11.4 Å². The molecule has 1 aromatic heterocycles. The quantitative estimate of drug-likeness (QED) is 0.741. The molecule has 0 aliphatic rings. The van der Waals surface area contributed by atoms with E-state index in [9.17, 15) is 22.4 Å². The number of rotatable bonds is 6. The minimum Gasteiger partial charge on any atom is -0.345 e. The van der Waals surface area contributed by atoms with Crippen molar-refractivity contribution in [1.82, 2.24) is 15.0 Å². The Balaban J connectivity index is 1.90. The van der Waals surface area contributed by atoms with Crippen LogP contribution in [-0.2, 0) is 11.2 Å². The molecule has 0 fully saturated rings. The first kappa shape index (κ1) is 18.9. The Labute approximate surface area is 141 Å². The van der Waals surface area contributed by atoms with Crippen molar-refractivity contribution in [3.63, 3.8) is 0 Å². The number of halogens is 4.